The van der Waals surface area contributed by atoms with Gasteiger partial charge in [-0.1, -0.05) is 23.2 Å². The molecule has 0 aliphatic rings. The SMILES string of the molecule is Cc1cc(Cl)c(CSCC(=O)O)c(Cl)n1. The minimum Gasteiger partial charge on any atom is -0.481 e. The van der Waals surface area contributed by atoms with E-state index in [9.17, 15) is 4.79 Å². The molecule has 6 heteroatoms. The molecule has 0 atom stereocenters. The minimum atomic E-state index is -0.854. The first kappa shape index (κ1) is 12.6. The Morgan fingerprint density at radius 2 is 2.27 bits per heavy atom. The van der Waals surface area contributed by atoms with Crippen LogP contribution in [0.1, 0.15) is 11.3 Å². The van der Waals surface area contributed by atoms with Crippen molar-refractivity contribution in [3.05, 3.63) is 27.5 Å². The van der Waals surface area contributed by atoms with Crippen LogP contribution >= 0.6 is 35.0 Å². The van der Waals surface area contributed by atoms with Gasteiger partial charge in [-0.15, -0.1) is 11.8 Å². The third-order valence-corrected chi connectivity index (χ3v) is 3.21. The maximum absolute atomic E-state index is 10.3. The van der Waals surface area contributed by atoms with Crippen LogP contribution < -0.4 is 0 Å². The molecule has 0 bridgehead atoms. The highest BCUT2D eigenvalue weighted by atomic mass is 35.5. The van der Waals surface area contributed by atoms with Gasteiger partial charge in [0.2, 0.25) is 0 Å². The van der Waals surface area contributed by atoms with Gasteiger partial charge in [0, 0.05) is 22.0 Å². The number of carbonyl (C=O) groups is 1. The normalized spacial score (nSPS) is 10.3. The van der Waals surface area contributed by atoms with E-state index in [1.54, 1.807) is 13.0 Å². The van der Waals surface area contributed by atoms with Crippen molar-refractivity contribution in [1.29, 1.82) is 0 Å². The van der Waals surface area contributed by atoms with E-state index < -0.39 is 5.97 Å². The molecule has 1 aromatic rings. The van der Waals surface area contributed by atoms with Gasteiger partial charge in [-0.25, -0.2) is 4.98 Å². The van der Waals surface area contributed by atoms with Gasteiger partial charge in [-0.2, -0.15) is 0 Å². The number of carboxylic acid groups (broad SMARTS) is 1. The molecule has 1 N–H and O–H groups in total. The van der Waals surface area contributed by atoms with Gasteiger partial charge < -0.3 is 5.11 Å². The van der Waals surface area contributed by atoms with Crippen molar-refractivity contribution in [3.8, 4) is 0 Å². The number of rotatable bonds is 4. The number of halogens is 2. The van der Waals surface area contributed by atoms with Crippen LogP contribution in [0.3, 0.4) is 0 Å². The van der Waals surface area contributed by atoms with E-state index in [-0.39, 0.29) is 5.75 Å². The van der Waals surface area contributed by atoms with Crippen LogP contribution in [0.4, 0.5) is 0 Å². The first-order valence-corrected chi connectivity index (χ1v) is 6.03. The first-order chi connectivity index (χ1) is 7.00. The van der Waals surface area contributed by atoms with Gasteiger partial charge in [0.05, 0.1) is 5.75 Å². The van der Waals surface area contributed by atoms with Gasteiger partial charge in [0.25, 0.3) is 0 Å². The highest BCUT2D eigenvalue weighted by molar-refractivity contribution is 7.99. The van der Waals surface area contributed by atoms with Gasteiger partial charge in [-0.3, -0.25) is 4.79 Å². The number of aryl methyl sites for hydroxylation is 1. The number of carboxylic acids is 1. The number of aromatic nitrogens is 1. The topological polar surface area (TPSA) is 50.2 Å². The van der Waals surface area contributed by atoms with E-state index >= 15 is 0 Å². The van der Waals surface area contributed by atoms with E-state index in [4.69, 9.17) is 28.3 Å². The largest absolute Gasteiger partial charge is 0.481 e. The van der Waals surface area contributed by atoms with E-state index in [0.29, 0.717) is 21.5 Å². The molecule has 1 heterocycles. The van der Waals surface area contributed by atoms with Crippen molar-refractivity contribution in [3.63, 3.8) is 0 Å². The van der Waals surface area contributed by atoms with Crippen molar-refractivity contribution < 1.29 is 9.90 Å². The first-order valence-electron chi connectivity index (χ1n) is 4.11. The predicted molar refractivity (Wildman–Crippen MR) is 62.8 cm³/mol. The molecule has 0 aliphatic carbocycles. The summed E-state index contributed by atoms with van der Waals surface area (Å²) < 4.78 is 0. The summed E-state index contributed by atoms with van der Waals surface area (Å²) in [7, 11) is 0. The Bertz CT molecular complexity index is 361. The van der Waals surface area contributed by atoms with Crippen molar-refractivity contribution in [2.24, 2.45) is 0 Å². The molecule has 0 aliphatic heterocycles. The summed E-state index contributed by atoms with van der Waals surface area (Å²) >= 11 is 13.1. The van der Waals surface area contributed by atoms with Crippen LogP contribution in [0.15, 0.2) is 6.07 Å². The molecule has 0 amide bonds. The minimum absolute atomic E-state index is 0.0283. The van der Waals surface area contributed by atoms with Crippen molar-refractivity contribution in [2.45, 2.75) is 12.7 Å². The standard InChI is InChI=1S/C9H9Cl2NO2S/c1-5-2-7(10)6(9(11)12-5)3-15-4-8(13)14/h2H,3-4H2,1H3,(H,13,14). The fraction of sp³-hybridized carbons (Fsp3) is 0.333. The maximum atomic E-state index is 10.3. The molecule has 0 radical (unpaired) electrons. The molecule has 0 unspecified atom stereocenters. The summed E-state index contributed by atoms with van der Waals surface area (Å²) in [4.78, 5) is 14.4. The fourth-order valence-corrected chi connectivity index (χ4v) is 2.59. The molecular formula is C9H9Cl2NO2S. The third kappa shape index (κ3) is 3.89. The smallest absolute Gasteiger partial charge is 0.313 e. The van der Waals surface area contributed by atoms with Gasteiger partial charge in [0.1, 0.15) is 5.15 Å². The number of hydrogen-bond acceptors (Lipinski definition) is 3. The number of pyridine rings is 1. The van der Waals surface area contributed by atoms with Crippen LogP contribution in [0, 0.1) is 6.92 Å². The lowest BCUT2D eigenvalue weighted by atomic mass is 10.3. The van der Waals surface area contributed by atoms with Crippen LogP contribution in [0.2, 0.25) is 10.2 Å². The Balaban J connectivity index is 2.72. The quantitative estimate of drug-likeness (QED) is 0.851. The number of thioether (sulfide) groups is 1. The lowest BCUT2D eigenvalue weighted by molar-refractivity contribution is -0.133. The zero-order valence-corrected chi connectivity index (χ0v) is 10.3. The average Bonchev–Trinajstić information content (AvgIpc) is 2.08. The Morgan fingerprint density at radius 1 is 1.60 bits per heavy atom. The second kappa shape index (κ2) is 5.58. The highest BCUT2D eigenvalue weighted by Crippen LogP contribution is 2.27. The van der Waals surface area contributed by atoms with Gasteiger partial charge >= 0.3 is 5.97 Å². The molecule has 1 rings (SSSR count). The lowest BCUT2D eigenvalue weighted by Gasteiger charge is -2.06. The van der Waals surface area contributed by atoms with E-state index in [1.165, 1.54) is 11.8 Å². The summed E-state index contributed by atoms with van der Waals surface area (Å²) in [5.74, 6) is -0.370. The monoisotopic (exact) mass is 265 g/mol. The molecule has 0 aromatic carbocycles. The zero-order chi connectivity index (χ0) is 11.4. The van der Waals surface area contributed by atoms with E-state index in [1.807, 2.05) is 0 Å². The molecule has 1 aromatic heterocycles. The Morgan fingerprint density at radius 3 is 2.80 bits per heavy atom. The summed E-state index contributed by atoms with van der Waals surface area (Å²) in [6, 6.07) is 1.71. The third-order valence-electron chi connectivity index (χ3n) is 1.62. The number of aliphatic carboxylic acids is 1. The lowest BCUT2D eigenvalue weighted by Crippen LogP contribution is -1.99. The summed E-state index contributed by atoms with van der Waals surface area (Å²) in [6.45, 7) is 1.80. The van der Waals surface area contributed by atoms with Crippen molar-refractivity contribution >= 4 is 40.9 Å². The van der Waals surface area contributed by atoms with Crippen LogP contribution in [-0.4, -0.2) is 21.8 Å². The fourth-order valence-electron chi connectivity index (χ4n) is 0.993. The summed E-state index contributed by atoms with van der Waals surface area (Å²) in [5.41, 5.74) is 1.44. The molecular weight excluding hydrogens is 257 g/mol. The van der Waals surface area contributed by atoms with Crippen LogP contribution in [0.25, 0.3) is 0 Å². The molecule has 0 saturated carbocycles. The van der Waals surface area contributed by atoms with Gasteiger partial charge in [-0.05, 0) is 13.0 Å². The molecule has 3 nitrogen and oxygen atoms in total. The number of nitrogens with zero attached hydrogens (tertiary/aromatic N) is 1. The Labute approximate surface area is 102 Å². The molecule has 0 fully saturated rings. The highest BCUT2D eigenvalue weighted by Gasteiger charge is 2.09. The van der Waals surface area contributed by atoms with Crippen LogP contribution in [-0.2, 0) is 10.5 Å². The van der Waals surface area contributed by atoms with Crippen molar-refractivity contribution in [1.82, 2.24) is 4.98 Å². The van der Waals surface area contributed by atoms with E-state index in [2.05, 4.69) is 4.98 Å². The summed E-state index contributed by atoms with van der Waals surface area (Å²) in [5, 5.41) is 9.35. The average molecular weight is 266 g/mol. The maximum Gasteiger partial charge on any atom is 0.313 e. The molecule has 0 saturated heterocycles. The second-order valence-electron chi connectivity index (χ2n) is 2.90. The van der Waals surface area contributed by atoms with Crippen molar-refractivity contribution in [2.75, 3.05) is 5.75 Å². The Hall–Kier alpha value is -0.450. The number of hydrogen-bond donors (Lipinski definition) is 1. The molecule has 82 valence electrons. The van der Waals surface area contributed by atoms with Crippen LogP contribution in [0.5, 0.6) is 0 Å². The Kier molecular flexibility index (Phi) is 4.70. The zero-order valence-electron chi connectivity index (χ0n) is 7.96. The molecule has 0 spiro atoms. The van der Waals surface area contributed by atoms with E-state index in [0.717, 1.165) is 5.69 Å². The predicted octanol–water partition coefficient (Wildman–Crippen LogP) is 3.01. The molecule has 15 heavy (non-hydrogen) atoms. The van der Waals surface area contributed by atoms with Gasteiger partial charge in [0.15, 0.2) is 0 Å². The second-order valence-corrected chi connectivity index (χ2v) is 4.65. The summed E-state index contributed by atoms with van der Waals surface area (Å²) in [6.07, 6.45) is 0.